The molecule has 3 atom stereocenters. The maximum Gasteiger partial charge on any atom is 0.310 e. The molecular weight excluding hydrogens is 662 g/mol. The van der Waals surface area contributed by atoms with Crippen molar-refractivity contribution < 1.29 is 33.3 Å². The maximum atomic E-state index is 13.5. The zero-order valence-electron chi connectivity index (χ0n) is 31.4. The molecule has 0 saturated carbocycles. The standard InChI is InChI=1S/C40H57N5O7/c1-5-17-45(18-6-2)40(48)35(42-39-38(52-39)30-11-8-7-9-12-30)15-16-36(46)50-25-10-19-43-20-22-44(23-21-43)24-26-51-37(47)28-32-29(3)41-34-14-13-31(49-4)27-33(32)34/h7-9,11-14,27,35,38-39,41-42H,5-6,10,15-26,28H2,1-4H3. The number of nitrogens with zero attached hydrogens (tertiary/aromatic N) is 3. The van der Waals surface area contributed by atoms with Gasteiger partial charge >= 0.3 is 11.9 Å². The summed E-state index contributed by atoms with van der Waals surface area (Å²) in [6.07, 6.45) is 2.90. The number of H-pyrrole nitrogens is 1. The Bertz CT molecular complexity index is 1580. The molecule has 284 valence electrons. The van der Waals surface area contributed by atoms with E-state index in [1.54, 1.807) is 7.11 Å². The Labute approximate surface area is 308 Å². The van der Waals surface area contributed by atoms with Crippen LogP contribution in [0, 0.1) is 6.92 Å². The van der Waals surface area contributed by atoms with E-state index in [-0.39, 0.29) is 43.0 Å². The molecule has 0 bridgehead atoms. The highest BCUT2D eigenvalue weighted by Crippen LogP contribution is 2.37. The summed E-state index contributed by atoms with van der Waals surface area (Å²) < 4.78 is 22.4. The highest BCUT2D eigenvalue weighted by Gasteiger charge is 2.43. The Kier molecular flexibility index (Phi) is 14.9. The lowest BCUT2D eigenvalue weighted by Crippen LogP contribution is -2.48. The molecule has 3 unspecified atom stereocenters. The molecule has 3 aromatic rings. The van der Waals surface area contributed by atoms with Crippen LogP contribution in [0.25, 0.3) is 10.9 Å². The number of amides is 1. The van der Waals surface area contributed by atoms with E-state index >= 15 is 0 Å². The minimum Gasteiger partial charge on any atom is -0.497 e. The maximum absolute atomic E-state index is 13.5. The SMILES string of the molecule is CCCN(CCC)C(=O)C(CCC(=O)OCCCN1CCN(CCOC(=O)Cc2c(C)[nH]c3ccc(OC)cc23)CC1)NC1OC1c1ccccc1. The molecule has 2 saturated heterocycles. The van der Waals surface area contributed by atoms with Crippen molar-refractivity contribution in [1.82, 2.24) is 25.0 Å². The second-order valence-corrected chi connectivity index (χ2v) is 13.8. The molecule has 0 radical (unpaired) electrons. The predicted octanol–water partition coefficient (Wildman–Crippen LogP) is 4.61. The number of rotatable bonds is 21. The van der Waals surface area contributed by atoms with E-state index in [0.717, 1.165) is 85.5 Å². The van der Waals surface area contributed by atoms with Crippen molar-refractivity contribution in [3.05, 3.63) is 65.4 Å². The van der Waals surface area contributed by atoms with Gasteiger partial charge in [-0.15, -0.1) is 0 Å². The second kappa shape index (κ2) is 19.8. The number of methoxy groups -OCH3 is 1. The average molecular weight is 720 g/mol. The van der Waals surface area contributed by atoms with Gasteiger partial charge in [-0.3, -0.25) is 24.6 Å². The lowest BCUT2D eigenvalue weighted by molar-refractivity contribution is -0.145. The van der Waals surface area contributed by atoms with Gasteiger partial charge in [-0.25, -0.2) is 0 Å². The second-order valence-electron chi connectivity index (χ2n) is 13.8. The van der Waals surface area contributed by atoms with Crippen molar-refractivity contribution in [1.29, 1.82) is 0 Å². The Morgan fingerprint density at radius 3 is 2.33 bits per heavy atom. The number of epoxide rings is 1. The zero-order chi connectivity index (χ0) is 36.9. The van der Waals surface area contributed by atoms with Crippen LogP contribution in [0.3, 0.4) is 0 Å². The van der Waals surface area contributed by atoms with Gasteiger partial charge in [-0.1, -0.05) is 44.2 Å². The molecule has 1 amide bonds. The van der Waals surface area contributed by atoms with Gasteiger partial charge in [-0.05, 0) is 61.9 Å². The number of benzene rings is 2. The van der Waals surface area contributed by atoms with E-state index in [1.807, 2.05) is 60.4 Å². The smallest absolute Gasteiger partial charge is 0.310 e. The molecule has 1 aromatic heterocycles. The van der Waals surface area contributed by atoms with Crippen molar-refractivity contribution in [3.63, 3.8) is 0 Å². The Morgan fingerprint density at radius 2 is 1.63 bits per heavy atom. The van der Waals surface area contributed by atoms with E-state index in [9.17, 15) is 14.4 Å². The first kappa shape index (κ1) is 39.2. The molecule has 52 heavy (non-hydrogen) atoms. The van der Waals surface area contributed by atoms with Crippen LogP contribution >= 0.6 is 0 Å². The number of piperazine rings is 1. The number of carbonyl (C=O) groups is 3. The zero-order valence-corrected chi connectivity index (χ0v) is 31.4. The molecule has 5 rings (SSSR count). The van der Waals surface area contributed by atoms with Crippen LogP contribution < -0.4 is 10.1 Å². The van der Waals surface area contributed by atoms with Gasteiger partial charge in [0.25, 0.3) is 0 Å². The number of hydrogen-bond acceptors (Lipinski definition) is 10. The summed E-state index contributed by atoms with van der Waals surface area (Å²) in [6, 6.07) is 15.3. The van der Waals surface area contributed by atoms with Gasteiger partial charge < -0.3 is 33.7 Å². The molecule has 0 spiro atoms. The van der Waals surface area contributed by atoms with E-state index in [2.05, 4.69) is 33.9 Å². The normalized spacial score (nSPS) is 18.2. The fourth-order valence-electron chi connectivity index (χ4n) is 6.95. The highest BCUT2D eigenvalue weighted by molar-refractivity contribution is 5.89. The summed E-state index contributed by atoms with van der Waals surface area (Å²) in [4.78, 5) is 48.9. The van der Waals surface area contributed by atoms with Crippen LogP contribution in [0.15, 0.2) is 48.5 Å². The number of aryl methyl sites for hydroxylation is 1. The molecular formula is C40H57N5O7. The lowest BCUT2D eigenvalue weighted by atomic mass is 10.1. The minimum absolute atomic E-state index is 0.0120. The molecule has 3 heterocycles. The first-order valence-electron chi connectivity index (χ1n) is 19.0. The Hall–Kier alpha value is -3.97. The molecule has 2 fully saturated rings. The number of fused-ring (bicyclic) bond motifs is 1. The molecule has 12 heteroatoms. The topological polar surface area (TPSA) is 129 Å². The largest absolute Gasteiger partial charge is 0.497 e. The minimum atomic E-state index is -0.516. The number of hydrogen-bond donors (Lipinski definition) is 2. The molecule has 0 aliphatic carbocycles. The van der Waals surface area contributed by atoms with Crippen LogP contribution in [0.2, 0.25) is 0 Å². The van der Waals surface area contributed by atoms with Crippen LogP contribution in [0.1, 0.15) is 68.9 Å². The third-order valence-electron chi connectivity index (χ3n) is 9.88. The van der Waals surface area contributed by atoms with Crippen LogP contribution in [-0.2, 0) is 35.0 Å². The van der Waals surface area contributed by atoms with Gasteiger partial charge in [0.15, 0.2) is 0 Å². The summed E-state index contributed by atoms with van der Waals surface area (Å²) in [5.74, 6) is 0.249. The van der Waals surface area contributed by atoms with E-state index in [0.29, 0.717) is 39.3 Å². The van der Waals surface area contributed by atoms with E-state index < -0.39 is 6.04 Å². The summed E-state index contributed by atoms with van der Waals surface area (Å²) >= 11 is 0. The quantitative estimate of drug-likeness (QED) is 0.0916. The molecule has 2 aliphatic heterocycles. The van der Waals surface area contributed by atoms with Gasteiger partial charge in [0.05, 0.1) is 26.2 Å². The van der Waals surface area contributed by atoms with Crippen LogP contribution in [-0.4, -0.2) is 122 Å². The van der Waals surface area contributed by atoms with Gasteiger partial charge in [0.2, 0.25) is 5.91 Å². The van der Waals surface area contributed by atoms with Crippen molar-refractivity contribution in [2.45, 2.75) is 77.7 Å². The van der Waals surface area contributed by atoms with Crippen molar-refractivity contribution in [3.8, 4) is 5.75 Å². The first-order chi connectivity index (χ1) is 25.3. The monoisotopic (exact) mass is 719 g/mol. The molecule has 2 aromatic carbocycles. The summed E-state index contributed by atoms with van der Waals surface area (Å²) in [7, 11) is 1.63. The van der Waals surface area contributed by atoms with Crippen LogP contribution in [0.4, 0.5) is 0 Å². The fourth-order valence-corrected chi connectivity index (χ4v) is 6.95. The molecule has 2 N–H and O–H groups in total. The number of carbonyl (C=O) groups excluding carboxylic acids is 3. The lowest BCUT2D eigenvalue weighted by Gasteiger charge is -2.34. The first-order valence-corrected chi connectivity index (χ1v) is 19.0. The summed E-state index contributed by atoms with van der Waals surface area (Å²) in [6.45, 7) is 13.3. The predicted molar refractivity (Wildman–Crippen MR) is 200 cm³/mol. The fraction of sp³-hybridized carbons (Fsp3) is 0.575. The number of ether oxygens (including phenoxy) is 4. The number of aromatic amines is 1. The average Bonchev–Trinajstić information content (AvgIpc) is 3.87. The molecule has 12 nitrogen and oxygen atoms in total. The number of nitrogens with one attached hydrogen (secondary N) is 2. The Morgan fingerprint density at radius 1 is 0.942 bits per heavy atom. The number of esters is 2. The van der Waals surface area contributed by atoms with E-state index in [4.69, 9.17) is 18.9 Å². The molecule has 2 aliphatic rings. The van der Waals surface area contributed by atoms with Gasteiger partial charge in [0, 0.05) is 75.4 Å². The van der Waals surface area contributed by atoms with Crippen molar-refractivity contribution >= 4 is 28.7 Å². The summed E-state index contributed by atoms with van der Waals surface area (Å²) in [5.41, 5.74) is 3.95. The van der Waals surface area contributed by atoms with Crippen molar-refractivity contribution in [2.24, 2.45) is 0 Å². The van der Waals surface area contributed by atoms with Crippen LogP contribution in [0.5, 0.6) is 5.75 Å². The number of aromatic nitrogens is 1. The van der Waals surface area contributed by atoms with Gasteiger partial charge in [0.1, 0.15) is 24.7 Å². The van der Waals surface area contributed by atoms with E-state index in [1.165, 1.54) is 0 Å². The Balaban J connectivity index is 0.961. The van der Waals surface area contributed by atoms with Gasteiger partial charge in [-0.2, -0.15) is 0 Å². The highest BCUT2D eigenvalue weighted by atomic mass is 16.6. The van der Waals surface area contributed by atoms with Crippen molar-refractivity contribution in [2.75, 3.05) is 72.7 Å². The summed E-state index contributed by atoms with van der Waals surface area (Å²) in [5, 5.41) is 4.36. The third-order valence-corrected chi connectivity index (χ3v) is 9.88. The third kappa shape index (κ3) is 11.3.